The molecule has 2 rings (SSSR count). The van der Waals surface area contributed by atoms with Crippen LogP contribution in [0.2, 0.25) is 0 Å². The van der Waals surface area contributed by atoms with Crippen molar-refractivity contribution in [2.24, 2.45) is 0 Å². The van der Waals surface area contributed by atoms with Gasteiger partial charge in [0.05, 0.1) is 12.3 Å². The molecule has 1 N–H and O–H groups in total. The van der Waals surface area contributed by atoms with E-state index >= 15 is 0 Å². The third kappa shape index (κ3) is 3.51. The number of ketones is 1. The van der Waals surface area contributed by atoms with Gasteiger partial charge in [-0.3, -0.25) is 14.6 Å². The number of hydrogen-bond acceptors (Lipinski definition) is 3. The molecule has 20 heavy (non-hydrogen) atoms. The lowest BCUT2D eigenvalue weighted by molar-refractivity contribution is -0.137. The summed E-state index contributed by atoms with van der Waals surface area (Å²) in [5.41, 5.74) is 1.16. The number of rotatable bonds is 5. The van der Waals surface area contributed by atoms with E-state index in [1.165, 1.54) is 0 Å². The highest BCUT2D eigenvalue weighted by Crippen LogP contribution is 2.25. The number of nitrogens with zero attached hydrogens (tertiary/aromatic N) is 1. The molecular weight excluding hydrogens is 322 g/mol. The molecule has 1 aromatic heterocycles. The normalized spacial score (nSPS) is 11.8. The van der Waals surface area contributed by atoms with E-state index in [4.69, 9.17) is 5.11 Å². The fourth-order valence-electron chi connectivity index (χ4n) is 1.95. The molecule has 1 aromatic carbocycles. The van der Waals surface area contributed by atoms with Crippen molar-refractivity contribution in [3.63, 3.8) is 0 Å². The number of carbonyl (C=O) groups is 2. The van der Waals surface area contributed by atoms with Gasteiger partial charge in [0.1, 0.15) is 0 Å². The van der Waals surface area contributed by atoms with Crippen molar-refractivity contribution >= 4 is 27.7 Å². The maximum absolute atomic E-state index is 12.5. The zero-order valence-corrected chi connectivity index (χ0v) is 12.1. The van der Waals surface area contributed by atoms with Gasteiger partial charge < -0.3 is 5.11 Å². The molecule has 4 nitrogen and oxygen atoms in total. The van der Waals surface area contributed by atoms with Crippen molar-refractivity contribution in [3.05, 3.63) is 64.4 Å². The van der Waals surface area contributed by atoms with Gasteiger partial charge in [-0.1, -0.05) is 28.1 Å². The first-order chi connectivity index (χ1) is 9.58. The number of Topliss-reactive ketones (excluding diaryl/α,β-unsaturated/α-hetero) is 1. The first-order valence-electron chi connectivity index (χ1n) is 5.99. The summed E-state index contributed by atoms with van der Waals surface area (Å²) >= 11 is 3.30. The second-order valence-electron chi connectivity index (χ2n) is 4.30. The highest BCUT2D eigenvalue weighted by molar-refractivity contribution is 9.10. The molecule has 0 radical (unpaired) electrons. The molecule has 0 spiro atoms. The van der Waals surface area contributed by atoms with Gasteiger partial charge in [0.15, 0.2) is 5.78 Å². The molecule has 0 amide bonds. The van der Waals surface area contributed by atoms with Gasteiger partial charge in [-0.05, 0) is 29.8 Å². The van der Waals surface area contributed by atoms with Crippen molar-refractivity contribution in [3.8, 4) is 0 Å². The van der Waals surface area contributed by atoms with Gasteiger partial charge >= 0.3 is 5.97 Å². The van der Waals surface area contributed by atoms with Crippen LogP contribution in [0.5, 0.6) is 0 Å². The largest absolute Gasteiger partial charge is 0.481 e. The SMILES string of the molecule is O=C(O)CC(C(=O)c1ccc(Br)cc1)c1ccncc1. The molecule has 1 atom stereocenters. The number of aromatic nitrogens is 1. The molecule has 0 aliphatic carbocycles. The summed E-state index contributed by atoms with van der Waals surface area (Å²) in [7, 11) is 0. The average Bonchev–Trinajstić information content (AvgIpc) is 2.45. The lowest BCUT2D eigenvalue weighted by atomic mass is 9.88. The van der Waals surface area contributed by atoms with Gasteiger partial charge in [0.25, 0.3) is 0 Å². The van der Waals surface area contributed by atoms with Crippen LogP contribution in [0.25, 0.3) is 0 Å². The van der Waals surface area contributed by atoms with E-state index in [1.54, 1.807) is 48.8 Å². The summed E-state index contributed by atoms with van der Waals surface area (Å²) in [6.07, 6.45) is 2.87. The minimum atomic E-state index is -1.00. The minimum Gasteiger partial charge on any atom is -0.481 e. The Hall–Kier alpha value is -2.01. The zero-order valence-electron chi connectivity index (χ0n) is 10.5. The van der Waals surface area contributed by atoms with Gasteiger partial charge in [-0.2, -0.15) is 0 Å². The number of carboxylic acid groups (broad SMARTS) is 1. The van der Waals surface area contributed by atoms with Crippen molar-refractivity contribution in [1.29, 1.82) is 0 Å². The van der Waals surface area contributed by atoms with E-state index in [1.807, 2.05) is 0 Å². The molecule has 0 saturated carbocycles. The summed E-state index contributed by atoms with van der Waals surface area (Å²) < 4.78 is 0.868. The Morgan fingerprint density at radius 1 is 1.10 bits per heavy atom. The smallest absolute Gasteiger partial charge is 0.304 e. The Kier molecular flexibility index (Phi) is 4.63. The fourth-order valence-corrected chi connectivity index (χ4v) is 2.21. The molecule has 102 valence electrons. The predicted molar refractivity (Wildman–Crippen MR) is 77.7 cm³/mol. The predicted octanol–water partition coefficient (Wildman–Crippen LogP) is 3.29. The third-order valence-electron chi connectivity index (χ3n) is 2.93. The monoisotopic (exact) mass is 333 g/mol. The van der Waals surface area contributed by atoms with Crippen molar-refractivity contribution in [2.45, 2.75) is 12.3 Å². The van der Waals surface area contributed by atoms with Gasteiger partial charge in [0.2, 0.25) is 0 Å². The Morgan fingerprint density at radius 3 is 2.25 bits per heavy atom. The Morgan fingerprint density at radius 2 is 1.70 bits per heavy atom. The van der Waals surface area contributed by atoms with Crippen LogP contribution < -0.4 is 0 Å². The number of aliphatic carboxylic acids is 1. The van der Waals surface area contributed by atoms with Crippen LogP contribution in [-0.2, 0) is 4.79 Å². The molecular formula is C15H12BrNO3. The second kappa shape index (κ2) is 6.43. The third-order valence-corrected chi connectivity index (χ3v) is 3.46. The van der Waals surface area contributed by atoms with Crippen LogP contribution >= 0.6 is 15.9 Å². The van der Waals surface area contributed by atoms with E-state index < -0.39 is 11.9 Å². The topological polar surface area (TPSA) is 67.3 Å². The molecule has 0 aliphatic rings. The maximum Gasteiger partial charge on any atom is 0.304 e. The van der Waals surface area contributed by atoms with E-state index in [0.717, 1.165) is 4.47 Å². The van der Waals surface area contributed by atoms with E-state index in [0.29, 0.717) is 11.1 Å². The Labute approximate surface area is 124 Å². The summed E-state index contributed by atoms with van der Waals surface area (Å²) in [5, 5.41) is 9.01. The Bertz CT molecular complexity index is 611. The van der Waals surface area contributed by atoms with Crippen molar-refractivity contribution in [1.82, 2.24) is 4.98 Å². The molecule has 5 heteroatoms. The van der Waals surface area contributed by atoms with Crippen LogP contribution in [0.4, 0.5) is 0 Å². The van der Waals surface area contributed by atoms with E-state index in [2.05, 4.69) is 20.9 Å². The average molecular weight is 334 g/mol. The van der Waals surface area contributed by atoms with Crippen LogP contribution in [0.3, 0.4) is 0 Å². The van der Waals surface area contributed by atoms with Gasteiger partial charge in [0, 0.05) is 22.4 Å². The van der Waals surface area contributed by atoms with Gasteiger partial charge in [-0.15, -0.1) is 0 Å². The zero-order chi connectivity index (χ0) is 14.5. The van der Waals surface area contributed by atoms with Crippen LogP contribution in [0, 0.1) is 0 Å². The first-order valence-corrected chi connectivity index (χ1v) is 6.78. The minimum absolute atomic E-state index is 0.203. The highest BCUT2D eigenvalue weighted by Gasteiger charge is 2.24. The number of carboxylic acids is 1. The molecule has 0 aliphatic heterocycles. The number of halogens is 1. The highest BCUT2D eigenvalue weighted by atomic mass is 79.9. The maximum atomic E-state index is 12.5. The van der Waals surface area contributed by atoms with Crippen LogP contribution in [0.15, 0.2) is 53.3 Å². The number of hydrogen-bond donors (Lipinski definition) is 1. The number of pyridine rings is 1. The molecule has 0 bridgehead atoms. The van der Waals surface area contributed by atoms with Crippen molar-refractivity contribution in [2.75, 3.05) is 0 Å². The summed E-state index contributed by atoms with van der Waals surface area (Å²) in [6.45, 7) is 0. The molecule has 0 fully saturated rings. The van der Waals surface area contributed by atoms with E-state index in [9.17, 15) is 9.59 Å². The fraction of sp³-hybridized carbons (Fsp3) is 0.133. The van der Waals surface area contributed by atoms with Crippen LogP contribution in [-0.4, -0.2) is 21.8 Å². The second-order valence-corrected chi connectivity index (χ2v) is 5.22. The van der Waals surface area contributed by atoms with Crippen LogP contribution in [0.1, 0.15) is 28.3 Å². The standard InChI is InChI=1S/C15H12BrNO3/c16-12-3-1-11(2-4-12)15(20)13(9-14(18)19)10-5-7-17-8-6-10/h1-8,13H,9H2,(H,18,19). The lowest BCUT2D eigenvalue weighted by Gasteiger charge is -2.14. The van der Waals surface area contributed by atoms with Crippen molar-refractivity contribution < 1.29 is 14.7 Å². The summed E-state index contributed by atoms with van der Waals surface area (Å²) in [6, 6.07) is 10.2. The lowest BCUT2D eigenvalue weighted by Crippen LogP contribution is -2.17. The summed E-state index contributed by atoms with van der Waals surface area (Å²) in [5.74, 6) is -1.90. The van der Waals surface area contributed by atoms with Gasteiger partial charge in [-0.25, -0.2) is 0 Å². The number of carbonyl (C=O) groups excluding carboxylic acids is 1. The molecule has 2 aromatic rings. The quantitative estimate of drug-likeness (QED) is 0.852. The van der Waals surface area contributed by atoms with E-state index in [-0.39, 0.29) is 12.2 Å². The number of benzene rings is 1. The molecule has 1 unspecified atom stereocenters. The summed E-state index contributed by atoms with van der Waals surface area (Å²) in [4.78, 5) is 27.4. The molecule has 1 heterocycles. The first kappa shape index (κ1) is 14.4. The Balaban J connectivity index is 2.34. The molecule has 0 saturated heterocycles.